The van der Waals surface area contributed by atoms with E-state index >= 15 is 0 Å². The van der Waals surface area contributed by atoms with Gasteiger partial charge < -0.3 is 14.4 Å². The van der Waals surface area contributed by atoms with Gasteiger partial charge in [0.25, 0.3) is 5.91 Å². The minimum Gasteiger partial charge on any atom is -0.494 e. The lowest BCUT2D eigenvalue weighted by Crippen LogP contribution is -2.31. The lowest BCUT2D eigenvalue weighted by atomic mass is 10.2. The predicted molar refractivity (Wildman–Crippen MR) is 98.3 cm³/mol. The molecule has 0 aliphatic rings. The van der Waals surface area contributed by atoms with E-state index in [9.17, 15) is 4.79 Å². The Balaban J connectivity index is 1.82. The molecule has 0 aromatic heterocycles. The molecule has 5 heteroatoms. The zero-order chi connectivity index (χ0) is 17.4. The maximum Gasteiger partial charge on any atom is 0.260 e. The molecule has 0 N–H and O–H groups in total. The van der Waals surface area contributed by atoms with E-state index in [1.54, 1.807) is 11.9 Å². The molecule has 0 saturated heterocycles. The van der Waals surface area contributed by atoms with Gasteiger partial charge in [-0.3, -0.25) is 4.79 Å². The summed E-state index contributed by atoms with van der Waals surface area (Å²) in [4.78, 5) is 13.9. The monoisotopic (exact) mass is 391 g/mol. The Hall–Kier alpha value is -2.01. The molecule has 2 aromatic carbocycles. The minimum atomic E-state index is -0.0722. The van der Waals surface area contributed by atoms with Gasteiger partial charge in [0.05, 0.1) is 6.61 Å². The predicted octanol–water partition coefficient (Wildman–Crippen LogP) is 4.28. The van der Waals surface area contributed by atoms with Crippen LogP contribution in [0, 0.1) is 0 Å². The summed E-state index contributed by atoms with van der Waals surface area (Å²) in [7, 11) is 1.77. The lowest BCUT2D eigenvalue weighted by Gasteiger charge is -2.18. The molecule has 2 rings (SSSR count). The molecule has 0 radical (unpaired) electrons. The van der Waals surface area contributed by atoms with E-state index in [1.165, 1.54) is 0 Å². The minimum absolute atomic E-state index is 0.0100. The van der Waals surface area contributed by atoms with Crippen molar-refractivity contribution in [3.8, 4) is 11.5 Å². The van der Waals surface area contributed by atoms with Crippen LogP contribution in [0.2, 0.25) is 0 Å². The fourth-order valence-corrected chi connectivity index (χ4v) is 2.49. The summed E-state index contributed by atoms with van der Waals surface area (Å²) in [6, 6.07) is 15.2. The fourth-order valence-electron chi connectivity index (χ4n) is 2.08. The van der Waals surface area contributed by atoms with Crippen LogP contribution in [-0.4, -0.2) is 31.1 Å². The molecule has 128 valence electrons. The second kappa shape index (κ2) is 9.33. The molecule has 0 heterocycles. The van der Waals surface area contributed by atoms with Crippen LogP contribution < -0.4 is 9.47 Å². The van der Waals surface area contributed by atoms with Crippen molar-refractivity contribution in [1.82, 2.24) is 4.90 Å². The van der Waals surface area contributed by atoms with Crippen molar-refractivity contribution in [2.24, 2.45) is 0 Å². The van der Waals surface area contributed by atoms with Gasteiger partial charge in [0, 0.05) is 18.1 Å². The Morgan fingerprint density at radius 1 is 1.04 bits per heavy atom. The zero-order valence-electron chi connectivity index (χ0n) is 14.0. The number of amides is 1. The number of hydrogen-bond acceptors (Lipinski definition) is 3. The van der Waals surface area contributed by atoms with Crippen molar-refractivity contribution >= 4 is 21.8 Å². The third kappa shape index (κ3) is 5.57. The summed E-state index contributed by atoms with van der Waals surface area (Å²) >= 11 is 3.49. The molecule has 0 fully saturated rings. The third-order valence-electron chi connectivity index (χ3n) is 3.45. The van der Waals surface area contributed by atoms with Crippen molar-refractivity contribution < 1.29 is 14.3 Å². The second-order valence-corrected chi connectivity index (χ2v) is 6.30. The molecule has 4 nitrogen and oxygen atoms in total. The highest BCUT2D eigenvalue weighted by atomic mass is 79.9. The van der Waals surface area contributed by atoms with Crippen LogP contribution >= 0.6 is 15.9 Å². The maximum absolute atomic E-state index is 12.2. The van der Waals surface area contributed by atoms with Crippen LogP contribution in [0.25, 0.3) is 0 Å². The Labute approximate surface area is 151 Å². The Morgan fingerprint density at radius 3 is 2.29 bits per heavy atom. The van der Waals surface area contributed by atoms with E-state index in [0.29, 0.717) is 18.9 Å². The van der Waals surface area contributed by atoms with Gasteiger partial charge in [0.1, 0.15) is 11.5 Å². The molecule has 0 atom stereocenters. The van der Waals surface area contributed by atoms with Gasteiger partial charge in [-0.2, -0.15) is 0 Å². The number of benzene rings is 2. The van der Waals surface area contributed by atoms with Crippen molar-refractivity contribution in [1.29, 1.82) is 0 Å². The van der Waals surface area contributed by atoms with Gasteiger partial charge in [-0.15, -0.1) is 0 Å². The van der Waals surface area contributed by atoms with Crippen molar-refractivity contribution in [2.75, 3.05) is 20.3 Å². The molecule has 0 bridgehead atoms. The molecular formula is C19H22BrNO3. The number of rotatable bonds is 8. The van der Waals surface area contributed by atoms with Gasteiger partial charge in [0.2, 0.25) is 0 Å². The number of likely N-dealkylation sites (N-methyl/N-ethyl adjacent to an activating group) is 1. The first-order valence-corrected chi connectivity index (χ1v) is 8.72. The SMILES string of the molecule is CCCOc1ccc(OCC(=O)N(C)Cc2ccccc2Br)cc1. The lowest BCUT2D eigenvalue weighted by molar-refractivity contribution is -0.132. The Kier molecular flexibility index (Phi) is 7.12. The number of nitrogens with zero attached hydrogens (tertiary/aromatic N) is 1. The summed E-state index contributed by atoms with van der Waals surface area (Å²) in [5.41, 5.74) is 1.06. The van der Waals surface area contributed by atoms with Gasteiger partial charge in [-0.25, -0.2) is 0 Å². The van der Waals surface area contributed by atoms with Crippen molar-refractivity contribution in [3.63, 3.8) is 0 Å². The first-order chi connectivity index (χ1) is 11.6. The highest BCUT2D eigenvalue weighted by Gasteiger charge is 2.11. The van der Waals surface area contributed by atoms with E-state index < -0.39 is 0 Å². The molecule has 0 unspecified atom stereocenters. The van der Waals surface area contributed by atoms with Crippen LogP contribution in [-0.2, 0) is 11.3 Å². The van der Waals surface area contributed by atoms with Crippen LogP contribution in [0.3, 0.4) is 0 Å². The van der Waals surface area contributed by atoms with Crippen LogP contribution in [0.15, 0.2) is 53.0 Å². The van der Waals surface area contributed by atoms with Crippen LogP contribution in [0.4, 0.5) is 0 Å². The summed E-state index contributed by atoms with van der Waals surface area (Å²) < 4.78 is 12.1. The summed E-state index contributed by atoms with van der Waals surface area (Å²) in [6.45, 7) is 3.30. The molecule has 0 aliphatic heterocycles. The van der Waals surface area contributed by atoms with Gasteiger partial charge in [-0.05, 0) is 42.3 Å². The van der Waals surface area contributed by atoms with Crippen LogP contribution in [0.5, 0.6) is 11.5 Å². The molecule has 0 spiro atoms. The van der Waals surface area contributed by atoms with E-state index in [1.807, 2.05) is 48.5 Å². The number of carbonyl (C=O) groups excluding carboxylic acids is 1. The third-order valence-corrected chi connectivity index (χ3v) is 4.22. The smallest absolute Gasteiger partial charge is 0.260 e. The number of carbonyl (C=O) groups is 1. The number of ether oxygens (including phenoxy) is 2. The average Bonchev–Trinajstić information content (AvgIpc) is 2.60. The molecular weight excluding hydrogens is 370 g/mol. The summed E-state index contributed by atoms with van der Waals surface area (Å²) in [5.74, 6) is 1.39. The van der Waals surface area contributed by atoms with E-state index in [2.05, 4.69) is 22.9 Å². The van der Waals surface area contributed by atoms with E-state index in [-0.39, 0.29) is 12.5 Å². The van der Waals surface area contributed by atoms with Gasteiger partial charge in [0.15, 0.2) is 6.61 Å². The largest absolute Gasteiger partial charge is 0.494 e. The van der Waals surface area contributed by atoms with Crippen molar-refractivity contribution in [2.45, 2.75) is 19.9 Å². The van der Waals surface area contributed by atoms with Gasteiger partial charge >= 0.3 is 0 Å². The standard InChI is InChI=1S/C19H22BrNO3/c1-3-12-23-16-8-10-17(11-9-16)24-14-19(22)21(2)13-15-6-4-5-7-18(15)20/h4-11H,3,12-14H2,1-2H3. The van der Waals surface area contributed by atoms with E-state index in [4.69, 9.17) is 9.47 Å². The van der Waals surface area contributed by atoms with Crippen molar-refractivity contribution in [3.05, 3.63) is 58.6 Å². The van der Waals surface area contributed by atoms with E-state index in [0.717, 1.165) is 22.2 Å². The first-order valence-electron chi connectivity index (χ1n) is 7.93. The zero-order valence-corrected chi connectivity index (χ0v) is 15.6. The molecule has 2 aromatic rings. The molecule has 1 amide bonds. The van der Waals surface area contributed by atoms with Gasteiger partial charge in [-0.1, -0.05) is 41.1 Å². The number of halogens is 1. The highest BCUT2D eigenvalue weighted by molar-refractivity contribution is 9.10. The maximum atomic E-state index is 12.2. The topological polar surface area (TPSA) is 38.8 Å². The molecule has 0 saturated carbocycles. The molecule has 0 aliphatic carbocycles. The first kappa shape index (κ1) is 18.3. The molecule has 24 heavy (non-hydrogen) atoms. The summed E-state index contributed by atoms with van der Waals surface area (Å²) in [5, 5.41) is 0. The number of hydrogen-bond donors (Lipinski definition) is 0. The summed E-state index contributed by atoms with van der Waals surface area (Å²) in [6.07, 6.45) is 0.969. The van der Waals surface area contributed by atoms with Crippen LogP contribution in [0.1, 0.15) is 18.9 Å². The highest BCUT2D eigenvalue weighted by Crippen LogP contribution is 2.19. The fraction of sp³-hybridized carbons (Fsp3) is 0.316. The Morgan fingerprint density at radius 2 is 1.67 bits per heavy atom. The normalized spacial score (nSPS) is 10.3. The Bertz CT molecular complexity index is 658. The quantitative estimate of drug-likeness (QED) is 0.673. The second-order valence-electron chi connectivity index (χ2n) is 5.45. The average molecular weight is 392 g/mol.